The molecule has 0 unspecified atom stereocenters. The number of H-pyrrole nitrogens is 1. The van der Waals surface area contributed by atoms with E-state index in [0.29, 0.717) is 33.6 Å². The Morgan fingerprint density at radius 3 is 2.96 bits per heavy atom. The fourth-order valence-electron chi connectivity index (χ4n) is 3.00. The molecule has 0 aromatic carbocycles. The van der Waals surface area contributed by atoms with Crippen LogP contribution in [0.25, 0.3) is 0 Å². The Hall–Kier alpha value is -2.87. The molecule has 0 radical (unpaired) electrons. The summed E-state index contributed by atoms with van der Waals surface area (Å²) in [6, 6.07) is 3.60. The predicted molar refractivity (Wildman–Crippen MR) is 105 cm³/mol. The molecule has 27 heavy (non-hydrogen) atoms. The Morgan fingerprint density at radius 1 is 1.48 bits per heavy atom. The number of carbonyl (C=O) groups is 1. The SMILES string of the molecule is C=CCSc1nc2c(c(=O)[nH]1)[C@@H](c1cccnc1)C(C(=O)OCC)=C(C)N2. The Labute approximate surface area is 161 Å². The van der Waals surface area contributed by atoms with Crippen LogP contribution in [-0.4, -0.2) is 33.3 Å². The highest BCUT2D eigenvalue weighted by Crippen LogP contribution is 2.39. The number of carbonyl (C=O) groups excluding carboxylic acids is 1. The van der Waals surface area contributed by atoms with Crippen LogP contribution in [-0.2, 0) is 9.53 Å². The van der Waals surface area contributed by atoms with Gasteiger partial charge in [0, 0.05) is 23.8 Å². The van der Waals surface area contributed by atoms with Crippen LogP contribution in [0.3, 0.4) is 0 Å². The number of aromatic amines is 1. The third kappa shape index (κ3) is 3.80. The zero-order valence-corrected chi connectivity index (χ0v) is 15.9. The van der Waals surface area contributed by atoms with E-state index in [2.05, 4.69) is 26.8 Å². The average molecular weight is 384 g/mol. The van der Waals surface area contributed by atoms with Crippen molar-refractivity contribution in [1.29, 1.82) is 0 Å². The van der Waals surface area contributed by atoms with Crippen molar-refractivity contribution in [2.45, 2.75) is 24.9 Å². The largest absolute Gasteiger partial charge is 0.463 e. The molecule has 7 nitrogen and oxygen atoms in total. The monoisotopic (exact) mass is 384 g/mol. The smallest absolute Gasteiger partial charge is 0.336 e. The number of pyridine rings is 1. The van der Waals surface area contributed by atoms with E-state index in [-0.39, 0.29) is 12.2 Å². The summed E-state index contributed by atoms with van der Waals surface area (Å²) in [5.74, 6) is -0.0173. The Kier molecular flexibility index (Phi) is 5.75. The number of fused-ring (bicyclic) bond motifs is 1. The normalized spacial score (nSPS) is 15.7. The molecule has 0 saturated heterocycles. The maximum absolute atomic E-state index is 12.9. The van der Waals surface area contributed by atoms with E-state index >= 15 is 0 Å². The van der Waals surface area contributed by atoms with Crippen molar-refractivity contribution in [3.8, 4) is 0 Å². The number of hydrogen-bond donors (Lipinski definition) is 2. The van der Waals surface area contributed by atoms with Gasteiger partial charge in [0.2, 0.25) is 0 Å². The Morgan fingerprint density at radius 2 is 2.30 bits per heavy atom. The lowest BCUT2D eigenvalue weighted by Crippen LogP contribution is -2.31. The van der Waals surface area contributed by atoms with Crippen LogP contribution in [0.1, 0.15) is 30.9 Å². The molecule has 0 amide bonds. The zero-order valence-electron chi connectivity index (χ0n) is 15.1. The van der Waals surface area contributed by atoms with Gasteiger partial charge in [-0.15, -0.1) is 6.58 Å². The van der Waals surface area contributed by atoms with Crippen molar-refractivity contribution in [1.82, 2.24) is 15.0 Å². The number of ether oxygens (including phenoxy) is 1. The van der Waals surface area contributed by atoms with E-state index in [1.54, 1.807) is 38.4 Å². The molecule has 0 saturated carbocycles. The molecule has 0 fully saturated rings. The number of allylic oxidation sites excluding steroid dienone is 1. The van der Waals surface area contributed by atoms with Crippen LogP contribution in [0.15, 0.2) is 58.4 Å². The molecule has 0 bridgehead atoms. The molecule has 2 aromatic rings. The second-order valence-electron chi connectivity index (χ2n) is 5.84. The fraction of sp³-hybridized carbons (Fsp3) is 0.263. The molecule has 3 rings (SSSR count). The fourth-order valence-corrected chi connectivity index (χ4v) is 3.59. The van der Waals surface area contributed by atoms with Gasteiger partial charge in [-0.25, -0.2) is 9.78 Å². The molecular weight excluding hydrogens is 364 g/mol. The van der Waals surface area contributed by atoms with Crippen molar-refractivity contribution in [2.75, 3.05) is 17.7 Å². The van der Waals surface area contributed by atoms with Crippen LogP contribution in [0, 0.1) is 0 Å². The number of hydrogen-bond acceptors (Lipinski definition) is 7. The Bertz CT molecular complexity index is 953. The van der Waals surface area contributed by atoms with Crippen LogP contribution in [0.5, 0.6) is 0 Å². The van der Waals surface area contributed by atoms with Gasteiger partial charge >= 0.3 is 5.97 Å². The molecule has 2 N–H and O–H groups in total. The van der Waals surface area contributed by atoms with E-state index in [1.807, 2.05) is 6.07 Å². The minimum atomic E-state index is -0.608. The minimum Gasteiger partial charge on any atom is -0.463 e. The Balaban J connectivity index is 2.18. The summed E-state index contributed by atoms with van der Waals surface area (Å²) in [7, 11) is 0. The van der Waals surface area contributed by atoms with Gasteiger partial charge in [0.1, 0.15) is 5.82 Å². The number of anilines is 1. The summed E-state index contributed by atoms with van der Waals surface area (Å²) in [5, 5.41) is 3.58. The summed E-state index contributed by atoms with van der Waals surface area (Å²) in [6.07, 6.45) is 5.02. The number of nitrogens with one attached hydrogen (secondary N) is 2. The van der Waals surface area contributed by atoms with Gasteiger partial charge in [0.05, 0.1) is 23.7 Å². The maximum Gasteiger partial charge on any atom is 0.336 e. The van der Waals surface area contributed by atoms with E-state index in [1.165, 1.54) is 11.8 Å². The molecule has 1 atom stereocenters. The van der Waals surface area contributed by atoms with Crippen molar-refractivity contribution in [3.63, 3.8) is 0 Å². The highest BCUT2D eigenvalue weighted by atomic mass is 32.2. The lowest BCUT2D eigenvalue weighted by molar-refractivity contribution is -0.138. The van der Waals surface area contributed by atoms with E-state index in [4.69, 9.17) is 4.74 Å². The van der Waals surface area contributed by atoms with Gasteiger partial charge in [-0.05, 0) is 25.5 Å². The number of rotatable bonds is 6. The van der Waals surface area contributed by atoms with Crippen molar-refractivity contribution in [3.05, 3.63) is 69.9 Å². The predicted octanol–water partition coefficient (Wildman–Crippen LogP) is 2.84. The first-order chi connectivity index (χ1) is 13.1. The van der Waals surface area contributed by atoms with Gasteiger partial charge < -0.3 is 15.0 Å². The maximum atomic E-state index is 12.9. The van der Waals surface area contributed by atoms with Crippen molar-refractivity contribution >= 4 is 23.5 Å². The molecule has 3 heterocycles. The number of thioether (sulfide) groups is 1. The lowest BCUT2D eigenvalue weighted by Gasteiger charge is -2.28. The third-order valence-corrected chi connectivity index (χ3v) is 4.94. The van der Waals surface area contributed by atoms with Crippen LogP contribution in [0.2, 0.25) is 0 Å². The van der Waals surface area contributed by atoms with Gasteiger partial charge in [0.15, 0.2) is 5.16 Å². The van der Waals surface area contributed by atoms with Crippen molar-refractivity contribution < 1.29 is 9.53 Å². The van der Waals surface area contributed by atoms with E-state index in [9.17, 15) is 9.59 Å². The van der Waals surface area contributed by atoms with Gasteiger partial charge in [-0.2, -0.15) is 0 Å². The summed E-state index contributed by atoms with van der Waals surface area (Å²) in [6.45, 7) is 7.44. The summed E-state index contributed by atoms with van der Waals surface area (Å²) >= 11 is 1.38. The molecule has 0 aliphatic carbocycles. The van der Waals surface area contributed by atoms with Crippen LogP contribution in [0.4, 0.5) is 5.82 Å². The molecule has 1 aliphatic heterocycles. The quantitative estimate of drug-likeness (QED) is 0.342. The molecule has 1 aliphatic rings. The van der Waals surface area contributed by atoms with Crippen LogP contribution < -0.4 is 10.9 Å². The second kappa shape index (κ2) is 8.22. The highest BCUT2D eigenvalue weighted by molar-refractivity contribution is 7.99. The number of aromatic nitrogens is 3. The molecular formula is C19H20N4O3S. The minimum absolute atomic E-state index is 0.244. The summed E-state index contributed by atoms with van der Waals surface area (Å²) in [5.41, 5.74) is 1.78. The first kappa shape index (κ1) is 18.9. The van der Waals surface area contributed by atoms with Gasteiger partial charge in [-0.1, -0.05) is 23.9 Å². The molecule has 2 aromatic heterocycles. The zero-order chi connectivity index (χ0) is 19.4. The van der Waals surface area contributed by atoms with E-state index in [0.717, 1.165) is 5.56 Å². The summed E-state index contributed by atoms with van der Waals surface area (Å²) < 4.78 is 5.23. The standard InChI is InChI=1S/C19H20N4O3S/c1-4-9-27-19-22-16-15(17(24)23-19)14(12-7-6-8-20-10-12)13(11(3)21-16)18(25)26-5-2/h4,6-8,10,14H,1,5,9H2,2-3H3,(H2,21,22,23,24)/t14-/m0/s1. The number of esters is 1. The van der Waals surface area contributed by atoms with Gasteiger partial charge in [-0.3, -0.25) is 9.78 Å². The highest BCUT2D eigenvalue weighted by Gasteiger charge is 2.36. The van der Waals surface area contributed by atoms with Crippen molar-refractivity contribution in [2.24, 2.45) is 0 Å². The van der Waals surface area contributed by atoms with E-state index < -0.39 is 11.9 Å². The number of nitrogens with zero attached hydrogens (tertiary/aromatic N) is 2. The average Bonchev–Trinajstić information content (AvgIpc) is 2.66. The lowest BCUT2D eigenvalue weighted by atomic mass is 9.83. The first-order valence-corrected chi connectivity index (χ1v) is 9.48. The molecule has 0 spiro atoms. The van der Waals surface area contributed by atoms with Crippen LogP contribution >= 0.6 is 11.8 Å². The molecule has 140 valence electrons. The summed E-state index contributed by atoms with van der Waals surface area (Å²) in [4.78, 5) is 37.0. The first-order valence-electron chi connectivity index (χ1n) is 8.49. The topological polar surface area (TPSA) is 97.0 Å². The molecule has 8 heteroatoms. The van der Waals surface area contributed by atoms with Gasteiger partial charge in [0.25, 0.3) is 5.56 Å². The second-order valence-corrected chi connectivity index (χ2v) is 6.85. The third-order valence-electron chi connectivity index (χ3n) is 4.07.